The van der Waals surface area contributed by atoms with Crippen molar-refractivity contribution in [3.8, 4) is 0 Å². The van der Waals surface area contributed by atoms with Crippen molar-refractivity contribution < 1.29 is 9.53 Å². The summed E-state index contributed by atoms with van der Waals surface area (Å²) in [6.45, 7) is 10.1. The molecule has 20 heavy (non-hydrogen) atoms. The minimum atomic E-state index is -0.424. The maximum atomic E-state index is 11.9. The number of likely N-dealkylation sites (N-methyl/N-ethyl adjacent to an activating group) is 1. The summed E-state index contributed by atoms with van der Waals surface area (Å²) in [6.07, 6.45) is -0.424. The average Bonchev–Trinajstić information content (AvgIpc) is 2.50. The molecule has 1 aromatic carbocycles. The van der Waals surface area contributed by atoms with E-state index in [9.17, 15) is 4.79 Å². The first-order valence-electron chi connectivity index (χ1n) is 7.33. The fraction of sp³-hybridized carbons (Fsp3) is 0.562. The number of nitrogens with zero attached hydrogens (tertiary/aromatic N) is 1. The van der Waals surface area contributed by atoms with E-state index in [1.807, 2.05) is 30.3 Å². The van der Waals surface area contributed by atoms with Crippen LogP contribution in [0.4, 0.5) is 0 Å². The number of benzene rings is 1. The standard InChI is InChI=1S/C16H26N2O2/c1-4-18(5-2)12-11-17-16(19)14(3)20-13-15-9-7-6-8-10-15/h6-10,14H,4-5,11-13H2,1-3H3,(H,17,19)/t14-/m0/s1. The van der Waals surface area contributed by atoms with Gasteiger partial charge in [-0.3, -0.25) is 4.79 Å². The Balaban J connectivity index is 2.22. The Morgan fingerprint density at radius 2 is 1.90 bits per heavy atom. The molecule has 0 aliphatic rings. The SMILES string of the molecule is CCN(CC)CCNC(=O)[C@H](C)OCc1ccccc1. The molecule has 4 nitrogen and oxygen atoms in total. The van der Waals surface area contributed by atoms with Gasteiger partial charge in [-0.2, -0.15) is 0 Å². The summed E-state index contributed by atoms with van der Waals surface area (Å²) in [4.78, 5) is 14.1. The normalized spacial score (nSPS) is 12.4. The topological polar surface area (TPSA) is 41.6 Å². The molecular formula is C16H26N2O2. The highest BCUT2D eigenvalue weighted by atomic mass is 16.5. The van der Waals surface area contributed by atoms with Crippen LogP contribution in [0.2, 0.25) is 0 Å². The van der Waals surface area contributed by atoms with E-state index in [0.29, 0.717) is 13.2 Å². The molecule has 0 saturated carbocycles. The van der Waals surface area contributed by atoms with Crippen molar-refractivity contribution in [3.05, 3.63) is 35.9 Å². The van der Waals surface area contributed by atoms with Gasteiger partial charge in [0, 0.05) is 13.1 Å². The van der Waals surface area contributed by atoms with E-state index in [1.54, 1.807) is 6.92 Å². The van der Waals surface area contributed by atoms with Crippen molar-refractivity contribution in [1.82, 2.24) is 10.2 Å². The lowest BCUT2D eigenvalue weighted by Crippen LogP contribution is -2.39. The second-order valence-corrected chi connectivity index (χ2v) is 4.76. The largest absolute Gasteiger partial charge is 0.364 e. The molecule has 1 atom stereocenters. The Kier molecular flexibility index (Phi) is 7.92. The third kappa shape index (κ3) is 6.17. The summed E-state index contributed by atoms with van der Waals surface area (Å²) in [5.74, 6) is -0.0481. The van der Waals surface area contributed by atoms with Gasteiger partial charge in [-0.15, -0.1) is 0 Å². The zero-order valence-electron chi connectivity index (χ0n) is 12.8. The van der Waals surface area contributed by atoms with Gasteiger partial charge in [0.2, 0.25) is 5.91 Å². The van der Waals surface area contributed by atoms with Crippen molar-refractivity contribution in [1.29, 1.82) is 0 Å². The van der Waals surface area contributed by atoms with Crippen LogP contribution in [0.3, 0.4) is 0 Å². The van der Waals surface area contributed by atoms with Crippen LogP contribution >= 0.6 is 0 Å². The van der Waals surface area contributed by atoms with Crippen LogP contribution in [0.1, 0.15) is 26.3 Å². The summed E-state index contributed by atoms with van der Waals surface area (Å²) in [7, 11) is 0. The van der Waals surface area contributed by atoms with E-state index >= 15 is 0 Å². The van der Waals surface area contributed by atoms with Gasteiger partial charge in [0.15, 0.2) is 0 Å². The maximum Gasteiger partial charge on any atom is 0.248 e. The fourth-order valence-corrected chi connectivity index (χ4v) is 1.89. The van der Waals surface area contributed by atoms with Gasteiger partial charge in [-0.05, 0) is 25.6 Å². The second kappa shape index (κ2) is 9.50. The van der Waals surface area contributed by atoms with Gasteiger partial charge in [-0.1, -0.05) is 44.2 Å². The quantitative estimate of drug-likeness (QED) is 0.751. The van der Waals surface area contributed by atoms with Crippen LogP contribution in [0.5, 0.6) is 0 Å². The predicted octanol–water partition coefficient (Wildman–Crippen LogP) is 2.05. The molecule has 0 spiro atoms. The van der Waals surface area contributed by atoms with Crippen molar-refractivity contribution in [2.75, 3.05) is 26.2 Å². The third-order valence-electron chi connectivity index (χ3n) is 3.33. The maximum absolute atomic E-state index is 11.9. The fourth-order valence-electron chi connectivity index (χ4n) is 1.89. The molecule has 112 valence electrons. The number of hydrogen-bond donors (Lipinski definition) is 1. The van der Waals surface area contributed by atoms with Crippen LogP contribution in [0.25, 0.3) is 0 Å². The molecule has 0 fully saturated rings. The lowest BCUT2D eigenvalue weighted by Gasteiger charge is -2.19. The summed E-state index contributed by atoms with van der Waals surface area (Å²) in [5, 5.41) is 2.91. The molecule has 1 amide bonds. The average molecular weight is 278 g/mol. The van der Waals surface area contributed by atoms with Gasteiger partial charge in [0.05, 0.1) is 6.61 Å². The molecule has 0 unspecified atom stereocenters. The minimum Gasteiger partial charge on any atom is -0.364 e. The molecule has 1 rings (SSSR count). The third-order valence-corrected chi connectivity index (χ3v) is 3.33. The van der Waals surface area contributed by atoms with Gasteiger partial charge >= 0.3 is 0 Å². The molecule has 0 radical (unpaired) electrons. The molecule has 0 aliphatic heterocycles. The highest BCUT2D eigenvalue weighted by Gasteiger charge is 2.12. The monoisotopic (exact) mass is 278 g/mol. The number of ether oxygens (including phenoxy) is 1. The number of rotatable bonds is 9. The number of nitrogens with one attached hydrogen (secondary N) is 1. The number of amides is 1. The summed E-state index contributed by atoms with van der Waals surface area (Å²) in [6, 6.07) is 9.88. The van der Waals surface area contributed by atoms with Gasteiger partial charge in [0.1, 0.15) is 6.10 Å². The molecule has 0 aliphatic carbocycles. The molecule has 1 aromatic rings. The van der Waals surface area contributed by atoms with Crippen LogP contribution in [0, 0.1) is 0 Å². The molecule has 0 heterocycles. The van der Waals surface area contributed by atoms with Gasteiger partial charge in [0.25, 0.3) is 0 Å². The van der Waals surface area contributed by atoms with E-state index in [0.717, 1.165) is 25.2 Å². The molecular weight excluding hydrogens is 252 g/mol. The molecule has 1 N–H and O–H groups in total. The second-order valence-electron chi connectivity index (χ2n) is 4.76. The Bertz CT molecular complexity index is 377. The summed E-state index contributed by atoms with van der Waals surface area (Å²) in [5.41, 5.74) is 1.08. The Morgan fingerprint density at radius 1 is 1.25 bits per heavy atom. The zero-order valence-corrected chi connectivity index (χ0v) is 12.8. The van der Waals surface area contributed by atoms with Gasteiger partial charge < -0.3 is 15.0 Å². The summed E-state index contributed by atoms with van der Waals surface area (Å²) < 4.78 is 5.57. The van der Waals surface area contributed by atoms with Crippen LogP contribution < -0.4 is 5.32 Å². The molecule has 0 bridgehead atoms. The smallest absolute Gasteiger partial charge is 0.248 e. The first-order chi connectivity index (χ1) is 9.67. The highest BCUT2D eigenvalue weighted by Crippen LogP contribution is 2.03. The Morgan fingerprint density at radius 3 is 2.50 bits per heavy atom. The van der Waals surface area contributed by atoms with Gasteiger partial charge in [-0.25, -0.2) is 0 Å². The first-order valence-corrected chi connectivity index (χ1v) is 7.33. The zero-order chi connectivity index (χ0) is 14.8. The number of hydrogen-bond acceptors (Lipinski definition) is 3. The number of carbonyl (C=O) groups is 1. The van der Waals surface area contributed by atoms with Crippen molar-refractivity contribution in [2.24, 2.45) is 0 Å². The van der Waals surface area contributed by atoms with E-state index in [4.69, 9.17) is 4.74 Å². The van der Waals surface area contributed by atoms with Crippen molar-refractivity contribution >= 4 is 5.91 Å². The molecule has 4 heteroatoms. The van der Waals surface area contributed by atoms with Crippen LogP contribution in [0.15, 0.2) is 30.3 Å². The molecule has 0 aromatic heterocycles. The Labute approximate surface area is 122 Å². The minimum absolute atomic E-state index is 0.0481. The van der Waals surface area contributed by atoms with Crippen LogP contribution in [-0.2, 0) is 16.1 Å². The van der Waals surface area contributed by atoms with Crippen LogP contribution in [-0.4, -0.2) is 43.1 Å². The van der Waals surface area contributed by atoms with E-state index < -0.39 is 6.10 Å². The van der Waals surface area contributed by atoms with Crippen molar-refractivity contribution in [3.63, 3.8) is 0 Å². The van der Waals surface area contributed by atoms with E-state index in [2.05, 4.69) is 24.1 Å². The Hall–Kier alpha value is -1.39. The van der Waals surface area contributed by atoms with E-state index in [-0.39, 0.29) is 5.91 Å². The summed E-state index contributed by atoms with van der Waals surface area (Å²) >= 11 is 0. The molecule has 0 saturated heterocycles. The highest BCUT2D eigenvalue weighted by molar-refractivity contribution is 5.80. The lowest BCUT2D eigenvalue weighted by molar-refractivity contribution is -0.132. The predicted molar refractivity (Wildman–Crippen MR) is 81.5 cm³/mol. The number of carbonyl (C=O) groups excluding carboxylic acids is 1. The first kappa shape index (κ1) is 16.7. The van der Waals surface area contributed by atoms with Crippen molar-refractivity contribution in [2.45, 2.75) is 33.5 Å². The van der Waals surface area contributed by atoms with E-state index in [1.165, 1.54) is 0 Å². The lowest BCUT2D eigenvalue weighted by atomic mass is 10.2.